The first-order valence-corrected chi connectivity index (χ1v) is 7.19. The molecule has 0 heterocycles. The minimum atomic E-state index is -0.395. The summed E-state index contributed by atoms with van der Waals surface area (Å²) in [5, 5.41) is 23.8. The van der Waals surface area contributed by atoms with Crippen molar-refractivity contribution < 1.29 is 10.0 Å². The topological polar surface area (TPSA) is 75.4 Å². The number of rotatable bonds is 5. The van der Waals surface area contributed by atoms with Gasteiger partial charge in [0.25, 0.3) is 5.69 Å². The molecule has 2 N–H and O–H groups in total. The van der Waals surface area contributed by atoms with Crippen molar-refractivity contribution in [2.75, 3.05) is 6.54 Å². The van der Waals surface area contributed by atoms with Gasteiger partial charge >= 0.3 is 0 Å². The second-order valence-corrected chi connectivity index (χ2v) is 5.79. The predicted octanol–water partition coefficient (Wildman–Crippen LogP) is 2.61. The fourth-order valence-corrected chi connectivity index (χ4v) is 2.86. The van der Waals surface area contributed by atoms with E-state index >= 15 is 0 Å². The Morgan fingerprint density at radius 3 is 2.89 bits per heavy atom. The number of hydrogen-bond donors (Lipinski definition) is 2. The van der Waals surface area contributed by atoms with Crippen molar-refractivity contribution in [3.63, 3.8) is 0 Å². The summed E-state index contributed by atoms with van der Waals surface area (Å²) in [7, 11) is 0. The quantitative estimate of drug-likeness (QED) is 0.643. The summed E-state index contributed by atoms with van der Waals surface area (Å²) in [4.78, 5) is 10.4. The van der Waals surface area contributed by atoms with Gasteiger partial charge in [-0.15, -0.1) is 0 Å². The zero-order chi connectivity index (χ0) is 13.8. The minimum absolute atomic E-state index is 0.0835. The predicted molar refractivity (Wildman–Crippen MR) is 75.9 cm³/mol. The molecule has 1 aromatic rings. The van der Waals surface area contributed by atoms with E-state index < -0.39 is 4.92 Å². The molecule has 1 saturated carbocycles. The number of benzene rings is 1. The van der Waals surface area contributed by atoms with Gasteiger partial charge in [0.2, 0.25) is 0 Å². The van der Waals surface area contributed by atoms with Crippen molar-refractivity contribution in [2.24, 2.45) is 5.92 Å². The lowest BCUT2D eigenvalue weighted by Gasteiger charge is -2.15. The summed E-state index contributed by atoms with van der Waals surface area (Å²) >= 11 is 3.17. The second-order valence-electron chi connectivity index (χ2n) is 4.93. The maximum absolute atomic E-state index is 10.8. The number of aliphatic hydroxyl groups excluding tert-OH is 1. The van der Waals surface area contributed by atoms with E-state index in [1.807, 2.05) is 6.07 Å². The molecule has 0 radical (unpaired) electrons. The maximum atomic E-state index is 10.8. The van der Waals surface area contributed by atoms with Crippen molar-refractivity contribution in [2.45, 2.75) is 31.9 Å². The smallest absolute Gasteiger partial charge is 0.283 e. The molecule has 0 aliphatic heterocycles. The lowest BCUT2D eigenvalue weighted by atomic mass is 10.1. The van der Waals surface area contributed by atoms with Crippen molar-refractivity contribution in [3.05, 3.63) is 38.3 Å². The van der Waals surface area contributed by atoms with Crippen LogP contribution in [0.25, 0.3) is 0 Å². The van der Waals surface area contributed by atoms with Crippen LogP contribution in [0.5, 0.6) is 0 Å². The highest BCUT2D eigenvalue weighted by molar-refractivity contribution is 9.10. The molecule has 2 unspecified atom stereocenters. The Hall–Kier alpha value is -0.980. The molecule has 0 aromatic heterocycles. The van der Waals surface area contributed by atoms with Crippen molar-refractivity contribution in [3.8, 4) is 0 Å². The highest BCUT2D eigenvalue weighted by Crippen LogP contribution is 2.26. The Balaban J connectivity index is 1.89. The molecule has 2 atom stereocenters. The standard InChI is InChI=1S/C13H17BrN2O3/c14-11-5-4-9(6-12(11)16(18)19)7-15-8-10-2-1-3-13(10)17/h4-6,10,13,15,17H,1-3,7-8H2. The Bertz CT molecular complexity index is 467. The molecule has 1 aromatic carbocycles. The van der Waals surface area contributed by atoms with Crippen LogP contribution >= 0.6 is 15.9 Å². The Morgan fingerprint density at radius 1 is 1.47 bits per heavy atom. The first-order valence-electron chi connectivity index (χ1n) is 6.39. The average molecular weight is 329 g/mol. The van der Waals surface area contributed by atoms with E-state index in [0.29, 0.717) is 16.9 Å². The Labute approximate surface area is 120 Å². The average Bonchev–Trinajstić information content (AvgIpc) is 2.77. The van der Waals surface area contributed by atoms with E-state index in [1.54, 1.807) is 12.1 Å². The molecule has 5 nitrogen and oxygen atoms in total. The van der Waals surface area contributed by atoms with Crippen molar-refractivity contribution >= 4 is 21.6 Å². The van der Waals surface area contributed by atoms with Crippen molar-refractivity contribution in [1.29, 1.82) is 0 Å². The van der Waals surface area contributed by atoms with Gasteiger partial charge in [-0.1, -0.05) is 12.5 Å². The van der Waals surface area contributed by atoms with Crippen LogP contribution in [0.15, 0.2) is 22.7 Å². The van der Waals surface area contributed by atoms with Gasteiger partial charge in [0.15, 0.2) is 0 Å². The third-order valence-corrected chi connectivity index (χ3v) is 4.23. The number of hydrogen-bond acceptors (Lipinski definition) is 4. The summed E-state index contributed by atoms with van der Waals surface area (Å²) < 4.78 is 0.493. The molecule has 1 fully saturated rings. The molecule has 1 aliphatic rings. The number of halogens is 1. The summed E-state index contributed by atoms with van der Waals surface area (Å²) in [6.07, 6.45) is 2.81. The number of nitrogens with zero attached hydrogens (tertiary/aromatic N) is 1. The molecule has 0 bridgehead atoms. The number of nitrogens with one attached hydrogen (secondary N) is 1. The molecule has 19 heavy (non-hydrogen) atoms. The summed E-state index contributed by atoms with van der Waals surface area (Å²) in [5.41, 5.74) is 0.961. The fourth-order valence-electron chi connectivity index (χ4n) is 2.47. The summed E-state index contributed by atoms with van der Waals surface area (Å²) in [6, 6.07) is 5.12. The van der Waals surface area contributed by atoms with Crippen LogP contribution in [0.1, 0.15) is 24.8 Å². The van der Waals surface area contributed by atoms with Gasteiger partial charge in [0.05, 0.1) is 15.5 Å². The van der Waals surface area contributed by atoms with Crippen LogP contribution in [-0.2, 0) is 6.54 Å². The Kier molecular flexibility index (Phi) is 4.90. The van der Waals surface area contributed by atoms with Crippen molar-refractivity contribution in [1.82, 2.24) is 5.32 Å². The SMILES string of the molecule is O=[N+]([O-])c1cc(CNCC2CCCC2O)ccc1Br. The van der Waals surface area contributed by atoms with E-state index in [4.69, 9.17) is 0 Å². The van der Waals surface area contributed by atoms with Crippen LogP contribution in [-0.4, -0.2) is 22.7 Å². The lowest BCUT2D eigenvalue weighted by Crippen LogP contribution is -2.27. The van der Waals surface area contributed by atoms with Crippen LogP contribution in [0.4, 0.5) is 5.69 Å². The van der Waals surface area contributed by atoms with Gasteiger partial charge in [-0.2, -0.15) is 0 Å². The van der Waals surface area contributed by atoms with Crippen LogP contribution in [0.2, 0.25) is 0 Å². The minimum Gasteiger partial charge on any atom is -0.393 e. The first-order chi connectivity index (χ1) is 9.08. The zero-order valence-electron chi connectivity index (χ0n) is 10.5. The van der Waals surface area contributed by atoms with E-state index in [9.17, 15) is 15.2 Å². The number of aliphatic hydroxyl groups is 1. The largest absolute Gasteiger partial charge is 0.393 e. The summed E-state index contributed by atoms with van der Waals surface area (Å²) in [5.74, 6) is 0.311. The summed E-state index contributed by atoms with van der Waals surface area (Å²) in [6.45, 7) is 1.34. The third kappa shape index (κ3) is 3.75. The van der Waals surface area contributed by atoms with E-state index in [1.165, 1.54) is 0 Å². The molecule has 2 rings (SSSR count). The molecule has 1 aliphatic carbocycles. The fraction of sp³-hybridized carbons (Fsp3) is 0.538. The van der Waals surface area contributed by atoms with Gasteiger partial charge in [0.1, 0.15) is 0 Å². The molecule has 0 amide bonds. The highest BCUT2D eigenvalue weighted by Gasteiger charge is 2.24. The number of nitro benzene ring substituents is 1. The Morgan fingerprint density at radius 2 is 2.26 bits per heavy atom. The maximum Gasteiger partial charge on any atom is 0.283 e. The van der Waals surface area contributed by atoms with E-state index in [-0.39, 0.29) is 11.8 Å². The molecule has 104 valence electrons. The second kappa shape index (κ2) is 6.45. The molecular formula is C13H17BrN2O3. The van der Waals surface area contributed by atoms with E-state index in [2.05, 4.69) is 21.2 Å². The number of nitro groups is 1. The monoisotopic (exact) mass is 328 g/mol. The van der Waals surface area contributed by atoms with Gasteiger partial charge < -0.3 is 10.4 Å². The molecule has 6 heteroatoms. The van der Waals surface area contributed by atoms with Crippen LogP contribution in [0.3, 0.4) is 0 Å². The molecule has 0 saturated heterocycles. The van der Waals surface area contributed by atoms with Gasteiger partial charge in [-0.05, 0) is 46.3 Å². The molecule has 0 spiro atoms. The van der Waals surface area contributed by atoms with Gasteiger partial charge in [-0.25, -0.2) is 0 Å². The highest BCUT2D eigenvalue weighted by atomic mass is 79.9. The third-order valence-electron chi connectivity index (χ3n) is 3.56. The van der Waals surface area contributed by atoms with Crippen LogP contribution in [0, 0.1) is 16.0 Å². The normalized spacial score (nSPS) is 22.6. The lowest BCUT2D eigenvalue weighted by molar-refractivity contribution is -0.385. The van der Waals surface area contributed by atoms with Crippen LogP contribution < -0.4 is 5.32 Å². The molecular weight excluding hydrogens is 312 g/mol. The van der Waals surface area contributed by atoms with E-state index in [0.717, 1.165) is 31.4 Å². The zero-order valence-corrected chi connectivity index (χ0v) is 12.1. The van der Waals surface area contributed by atoms with Gasteiger partial charge in [0, 0.05) is 19.2 Å². The first kappa shape index (κ1) is 14.4. The van der Waals surface area contributed by atoms with Gasteiger partial charge in [-0.3, -0.25) is 10.1 Å².